The number of benzene rings is 1. The lowest BCUT2D eigenvalue weighted by molar-refractivity contribution is -0.149. The number of rotatable bonds is 2. The van der Waals surface area contributed by atoms with E-state index in [-0.39, 0.29) is 29.8 Å². The Labute approximate surface area is 152 Å². The highest BCUT2D eigenvalue weighted by atomic mass is 19.1. The number of Topliss-reactive ketones (excluding diaryl/α,β-unsaturated/α-hetero) is 1. The first kappa shape index (κ1) is 17.4. The van der Waals surface area contributed by atoms with Gasteiger partial charge >= 0.3 is 5.97 Å². The molecule has 138 valence electrons. The molecule has 0 amide bonds. The Morgan fingerprint density at radius 1 is 1.19 bits per heavy atom. The van der Waals surface area contributed by atoms with Crippen molar-refractivity contribution in [2.75, 3.05) is 0 Å². The smallest absolute Gasteiger partial charge is 0.316 e. The number of halogens is 1. The number of hydrogen-bond acceptors (Lipinski definition) is 4. The van der Waals surface area contributed by atoms with E-state index in [1.54, 1.807) is 26.8 Å². The first-order valence-corrected chi connectivity index (χ1v) is 9.11. The van der Waals surface area contributed by atoms with Gasteiger partial charge in [-0.25, -0.2) is 4.39 Å². The summed E-state index contributed by atoms with van der Waals surface area (Å²) in [7, 11) is 0. The number of ether oxygens (including phenoxy) is 2. The highest BCUT2D eigenvalue weighted by molar-refractivity contribution is 6.25. The summed E-state index contributed by atoms with van der Waals surface area (Å²) in [6, 6.07) is 4.37. The maximum absolute atomic E-state index is 13.9. The van der Waals surface area contributed by atoms with Crippen molar-refractivity contribution < 1.29 is 23.5 Å². The molecule has 26 heavy (non-hydrogen) atoms. The minimum Gasteiger partial charge on any atom is -0.429 e. The summed E-state index contributed by atoms with van der Waals surface area (Å²) in [5, 5.41) is 0. The molecule has 0 saturated carbocycles. The molecule has 3 aliphatic rings. The lowest BCUT2D eigenvalue weighted by Gasteiger charge is -2.24. The van der Waals surface area contributed by atoms with E-state index in [1.165, 1.54) is 12.1 Å². The van der Waals surface area contributed by atoms with Crippen molar-refractivity contribution in [3.8, 4) is 0 Å². The second-order valence-corrected chi connectivity index (χ2v) is 8.54. The zero-order valence-electron chi connectivity index (χ0n) is 15.5. The molecule has 2 aliphatic heterocycles. The van der Waals surface area contributed by atoms with Gasteiger partial charge in [0.25, 0.3) is 0 Å². The van der Waals surface area contributed by atoms with E-state index in [4.69, 9.17) is 9.47 Å². The normalized spacial score (nSPS) is 30.1. The quantitative estimate of drug-likeness (QED) is 0.755. The van der Waals surface area contributed by atoms with Gasteiger partial charge in [0, 0.05) is 0 Å². The van der Waals surface area contributed by atoms with E-state index in [9.17, 15) is 14.0 Å². The lowest BCUT2D eigenvalue weighted by atomic mass is 9.80. The van der Waals surface area contributed by atoms with Crippen LogP contribution in [-0.4, -0.2) is 24.0 Å². The largest absolute Gasteiger partial charge is 0.429 e. The fourth-order valence-corrected chi connectivity index (χ4v) is 4.30. The van der Waals surface area contributed by atoms with Gasteiger partial charge in [-0.15, -0.1) is 0 Å². The van der Waals surface area contributed by atoms with E-state index in [0.717, 1.165) is 18.4 Å². The maximum Gasteiger partial charge on any atom is 0.316 e. The van der Waals surface area contributed by atoms with Crippen molar-refractivity contribution in [3.63, 3.8) is 0 Å². The summed E-state index contributed by atoms with van der Waals surface area (Å²) < 4.78 is 25.6. The number of ketones is 1. The summed E-state index contributed by atoms with van der Waals surface area (Å²) >= 11 is 0. The van der Waals surface area contributed by atoms with Crippen LogP contribution in [0.2, 0.25) is 0 Å². The first-order valence-electron chi connectivity index (χ1n) is 9.11. The average Bonchev–Trinajstić information content (AvgIpc) is 3.23. The second kappa shape index (κ2) is 5.74. The molecule has 0 aromatic heterocycles. The monoisotopic (exact) mass is 358 g/mol. The van der Waals surface area contributed by atoms with Crippen molar-refractivity contribution in [3.05, 3.63) is 40.9 Å². The van der Waals surface area contributed by atoms with Gasteiger partial charge in [-0.1, -0.05) is 6.07 Å². The van der Waals surface area contributed by atoms with Crippen LogP contribution in [0.15, 0.2) is 24.0 Å². The molecule has 4 rings (SSSR count). The average molecular weight is 358 g/mol. The third-order valence-electron chi connectivity index (χ3n) is 5.66. The van der Waals surface area contributed by atoms with E-state index in [0.29, 0.717) is 16.9 Å². The molecule has 5 heteroatoms. The second-order valence-electron chi connectivity index (χ2n) is 8.54. The van der Waals surface area contributed by atoms with Crippen LogP contribution in [0.1, 0.15) is 44.7 Å². The molecule has 2 fully saturated rings. The Hall–Kier alpha value is -2.01. The maximum atomic E-state index is 13.9. The molecule has 2 unspecified atom stereocenters. The number of fused-ring (bicyclic) bond motifs is 5. The molecular weight excluding hydrogens is 335 g/mol. The molecule has 2 heterocycles. The Kier molecular flexibility index (Phi) is 3.85. The predicted octanol–water partition coefficient (Wildman–Crippen LogP) is 3.81. The number of carbonyl (C=O) groups excluding carboxylic acids is 2. The van der Waals surface area contributed by atoms with Gasteiger partial charge in [0.05, 0.1) is 35.0 Å². The molecule has 1 aromatic carbocycles. The molecule has 0 radical (unpaired) electrons. The Morgan fingerprint density at radius 3 is 2.50 bits per heavy atom. The zero-order chi connectivity index (χ0) is 18.8. The van der Waals surface area contributed by atoms with Gasteiger partial charge in [-0.3, -0.25) is 9.59 Å². The minimum atomic E-state index is -0.700. The van der Waals surface area contributed by atoms with Crippen LogP contribution >= 0.6 is 0 Å². The number of carbonyl (C=O) groups is 2. The van der Waals surface area contributed by atoms with Crippen LogP contribution in [0, 0.1) is 30.0 Å². The van der Waals surface area contributed by atoms with Crippen molar-refractivity contribution in [1.82, 2.24) is 0 Å². The minimum absolute atomic E-state index is 0.0902. The van der Waals surface area contributed by atoms with Crippen molar-refractivity contribution in [2.45, 2.75) is 52.7 Å². The highest BCUT2D eigenvalue weighted by Gasteiger charge is 2.60. The van der Waals surface area contributed by atoms with Crippen LogP contribution in [0.5, 0.6) is 0 Å². The Morgan fingerprint density at radius 2 is 1.85 bits per heavy atom. The van der Waals surface area contributed by atoms with Gasteiger partial charge in [0.15, 0.2) is 5.78 Å². The molecule has 0 N–H and O–H groups in total. The van der Waals surface area contributed by atoms with Crippen LogP contribution in [-0.2, 0) is 19.1 Å². The van der Waals surface area contributed by atoms with Crippen molar-refractivity contribution >= 4 is 17.3 Å². The molecule has 0 spiro atoms. The molecule has 4 nitrogen and oxygen atoms in total. The SMILES string of the molecule is Cc1ccc(F)cc1C1=C(OC(=O)C(C)(C)C)[C@@H]2C3CCC(O3)[C@@H]2C1=O. The first-order chi connectivity index (χ1) is 12.2. The number of aryl methyl sites for hydroxylation is 1. The predicted molar refractivity (Wildman–Crippen MR) is 93.5 cm³/mol. The number of allylic oxidation sites excluding steroid dienone is 1. The van der Waals surface area contributed by atoms with E-state index >= 15 is 0 Å². The third-order valence-corrected chi connectivity index (χ3v) is 5.66. The Balaban J connectivity index is 1.86. The van der Waals surface area contributed by atoms with Crippen LogP contribution < -0.4 is 0 Å². The summed E-state index contributed by atoms with van der Waals surface area (Å²) in [4.78, 5) is 25.8. The Bertz CT molecular complexity index is 833. The number of esters is 1. The van der Waals surface area contributed by atoms with Crippen molar-refractivity contribution in [1.29, 1.82) is 0 Å². The molecular formula is C21H23FO4. The molecule has 4 atom stereocenters. The molecule has 2 bridgehead atoms. The topological polar surface area (TPSA) is 52.6 Å². The van der Waals surface area contributed by atoms with Gasteiger partial charge in [0.1, 0.15) is 11.6 Å². The van der Waals surface area contributed by atoms with Crippen molar-refractivity contribution in [2.24, 2.45) is 17.3 Å². The fraction of sp³-hybridized carbons (Fsp3) is 0.524. The third kappa shape index (κ3) is 2.52. The van der Waals surface area contributed by atoms with Gasteiger partial charge in [0.2, 0.25) is 0 Å². The lowest BCUT2D eigenvalue weighted by Crippen LogP contribution is -2.31. The molecule has 1 aromatic rings. The number of hydrogen-bond donors (Lipinski definition) is 0. The van der Waals surface area contributed by atoms with Gasteiger partial charge in [-0.05, 0) is 63.8 Å². The van der Waals surface area contributed by atoms with Crippen LogP contribution in [0.4, 0.5) is 4.39 Å². The summed E-state index contributed by atoms with van der Waals surface area (Å²) in [6.45, 7) is 7.15. The standard InChI is InChI=1S/C21H23FO4/c1-10-5-6-11(22)9-12(10)15-18(23)16-13-7-8-14(25-13)17(16)19(15)26-20(24)21(2,3)4/h5-6,9,13-14,16-17H,7-8H2,1-4H3/t13?,14?,16-,17+/m0/s1. The van der Waals surface area contributed by atoms with Gasteiger partial charge < -0.3 is 9.47 Å². The van der Waals surface area contributed by atoms with Crippen LogP contribution in [0.25, 0.3) is 5.57 Å². The van der Waals surface area contributed by atoms with Crippen LogP contribution in [0.3, 0.4) is 0 Å². The molecule has 1 aliphatic carbocycles. The van der Waals surface area contributed by atoms with E-state index < -0.39 is 17.2 Å². The highest BCUT2D eigenvalue weighted by Crippen LogP contribution is 2.55. The summed E-state index contributed by atoms with van der Waals surface area (Å²) in [6.07, 6.45) is 1.45. The zero-order valence-corrected chi connectivity index (χ0v) is 15.5. The summed E-state index contributed by atoms with van der Waals surface area (Å²) in [5.41, 5.74) is 0.955. The van der Waals surface area contributed by atoms with Gasteiger partial charge in [-0.2, -0.15) is 0 Å². The molecule has 2 saturated heterocycles. The fourth-order valence-electron chi connectivity index (χ4n) is 4.30. The van der Waals surface area contributed by atoms with E-state index in [2.05, 4.69) is 0 Å². The van der Waals surface area contributed by atoms with E-state index in [1.807, 2.05) is 6.92 Å². The summed E-state index contributed by atoms with van der Waals surface area (Å²) in [5.74, 6) is -1.09.